The molecule has 1 unspecified atom stereocenters. The van der Waals surface area contributed by atoms with Gasteiger partial charge in [0, 0.05) is 19.1 Å². The van der Waals surface area contributed by atoms with Gasteiger partial charge in [0.2, 0.25) is 10.0 Å². The Morgan fingerprint density at radius 2 is 1.78 bits per heavy atom. The van der Waals surface area contributed by atoms with E-state index < -0.39 is 10.0 Å². The zero-order valence-corrected chi connectivity index (χ0v) is 13.9. The average molecular weight is 334 g/mol. The Balaban J connectivity index is 1.83. The topological polar surface area (TPSA) is 78.4 Å². The molecule has 3 N–H and O–H groups in total. The molecule has 1 atom stereocenters. The van der Waals surface area contributed by atoms with Gasteiger partial charge in [-0.3, -0.25) is 0 Å². The van der Waals surface area contributed by atoms with Gasteiger partial charge in [-0.15, -0.1) is 0 Å². The first kappa shape index (κ1) is 17.6. The van der Waals surface area contributed by atoms with Crippen LogP contribution in [0.2, 0.25) is 0 Å². The minimum atomic E-state index is -3.46. The van der Waals surface area contributed by atoms with Crippen LogP contribution < -0.4 is 10.0 Å². The van der Waals surface area contributed by atoms with E-state index in [2.05, 4.69) is 10.0 Å². The number of nitrogens with one attached hydrogen (secondary N) is 2. The van der Waals surface area contributed by atoms with Crippen molar-refractivity contribution in [2.45, 2.75) is 24.5 Å². The molecule has 0 spiro atoms. The molecule has 2 rings (SSSR count). The highest BCUT2D eigenvalue weighted by Crippen LogP contribution is 2.14. The van der Waals surface area contributed by atoms with Gasteiger partial charge >= 0.3 is 0 Å². The van der Waals surface area contributed by atoms with Gasteiger partial charge in [0.25, 0.3) is 0 Å². The van der Waals surface area contributed by atoms with E-state index in [1.807, 2.05) is 31.2 Å². The van der Waals surface area contributed by atoms with Crippen LogP contribution in [0.5, 0.6) is 0 Å². The molecule has 0 aliphatic heterocycles. The van der Waals surface area contributed by atoms with Gasteiger partial charge in [0.1, 0.15) is 0 Å². The molecule has 0 radical (unpaired) electrons. The molecule has 0 saturated carbocycles. The van der Waals surface area contributed by atoms with E-state index in [4.69, 9.17) is 5.11 Å². The predicted octanol–water partition coefficient (Wildman–Crippen LogP) is 1.81. The van der Waals surface area contributed by atoms with Crippen LogP contribution in [0.15, 0.2) is 59.5 Å². The van der Waals surface area contributed by atoms with E-state index >= 15 is 0 Å². The van der Waals surface area contributed by atoms with Gasteiger partial charge in [-0.25, -0.2) is 13.1 Å². The normalized spacial score (nSPS) is 13.0. The monoisotopic (exact) mass is 334 g/mol. The summed E-state index contributed by atoms with van der Waals surface area (Å²) < 4.78 is 26.7. The lowest BCUT2D eigenvalue weighted by molar-refractivity contribution is 0.281. The standard InChI is InChI=1S/C17H22N2O3S/c1-14(16-7-5-6-15(12-16)13-20)18-10-11-19-23(21,22)17-8-3-2-4-9-17/h2-9,12,14,18-20H,10-11,13H2,1H3. The Morgan fingerprint density at radius 1 is 1.04 bits per heavy atom. The lowest BCUT2D eigenvalue weighted by Gasteiger charge is -2.15. The van der Waals surface area contributed by atoms with E-state index in [1.165, 1.54) is 0 Å². The van der Waals surface area contributed by atoms with Gasteiger partial charge in [-0.1, -0.05) is 42.5 Å². The third-order valence-corrected chi connectivity index (χ3v) is 5.03. The van der Waals surface area contributed by atoms with E-state index in [1.54, 1.807) is 30.3 Å². The van der Waals surface area contributed by atoms with Crippen molar-refractivity contribution in [3.63, 3.8) is 0 Å². The first-order chi connectivity index (χ1) is 11.0. The quantitative estimate of drug-likeness (QED) is 0.643. The molecule has 0 bridgehead atoms. The minimum Gasteiger partial charge on any atom is -0.392 e. The fourth-order valence-corrected chi connectivity index (χ4v) is 3.29. The molecule has 23 heavy (non-hydrogen) atoms. The summed E-state index contributed by atoms with van der Waals surface area (Å²) in [5.41, 5.74) is 1.92. The minimum absolute atomic E-state index is 0.0113. The number of aliphatic hydroxyl groups is 1. The van der Waals surface area contributed by atoms with E-state index in [-0.39, 0.29) is 17.5 Å². The third kappa shape index (κ3) is 5.14. The number of hydrogen-bond donors (Lipinski definition) is 3. The Hall–Kier alpha value is -1.73. The second-order valence-electron chi connectivity index (χ2n) is 5.29. The molecule has 124 valence electrons. The number of aliphatic hydroxyl groups excluding tert-OH is 1. The van der Waals surface area contributed by atoms with Gasteiger partial charge in [-0.2, -0.15) is 0 Å². The Labute approximate surface area is 137 Å². The van der Waals surface area contributed by atoms with Crippen molar-refractivity contribution in [3.8, 4) is 0 Å². The molecule has 2 aromatic rings. The molecule has 6 heteroatoms. The van der Waals surface area contributed by atoms with Gasteiger partial charge < -0.3 is 10.4 Å². The van der Waals surface area contributed by atoms with E-state index in [0.29, 0.717) is 13.1 Å². The maximum atomic E-state index is 12.1. The number of rotatable bonds is 8. The zero-order valence-electron chi connectivity index (χ0n) is 13.1. The highest BCUT2D eigenvalue weighted by Gasteiger charge is 2.12. The fourth-order valence-electron chi connectivity index (χ4n) is 2.24. The molecule has 0 aliphatic rings. The predicted molar refractivity (Wildman–Crippen MR) is 90.4 cm³/mol. The summed E-state index contributed by atoms with van der Waals surface area (Å²) in [6, 6.07) is 16.1. The van der Waals surface area contributed by atoms with E-state index in [9.17, 15) is 8.42 Å². The Morgan fingerprint density at radius 3 is 2.48 bits per heavy atom. The summed E-state index contributed by atoms with van der Waals surface area (Å²) in [4.78, 5) is 0.267. The number of sulfonamides is 1. The smallest absolute Gasteiger partial charge is 0.240 e. The third-order valence-electron chi connectivity index (χ3n) is 3.55. The average Bonchev–Trinajstić information content (AvgIpc) is 2.59. The van der Waals surface area contributed by atoms with Crippen LogP contribution in [0, 0.1) is 0 Å². The molecule has 0 fully saturated rings. The zero-order chi connectivity index (χ0) is 16.7. The van der Waals surface area contributed by atoms with Crippen LogP contribution in [0.25, 0.3) is 0 Å². The summed E-state index contributed by atoms with van der Waals surface area (Å²) in [6.07, 6.45) is 0. The lowest BCUT2D eigenvalue weighted by Crippen LogP contribution is -2.33. The second kappa shape index (κ2) is 8.21. The van der Waals surface area contributed by atoms with Gasteiger partial charge in [-0.05, 0) is 30.2 Å². The highest BCUT2D eigenvalue weighted by molar-refractivity contribution is 7.89. The van der Waals surface area contributed by atoms with Gasteiger partial charge in [0.15, 0.2) is 0 Å². The second-order valence-corrected chi connectivity index (χ2v) is 7.06. The summed E-state index contributed by atoms with van der Waals surface area (Å²) in [5.74, 6) is 0. The molecule has 0 aliphatic carbocycles. The highest BCUT2D eigenvalue weighted by atomic mass is 32.2. The first-order valence-electron chi connectivity index (χ1n) is 7.51. The first-order valence-corrected chi connectivity index (χ1v) is 8.99. The number of hydrogen-bond acceptors (Lipinski definition) is 4. The fraction of sp³-hybridized carbons (Fsp3) is 0.294. The van der Waals surface area contributed by atoms with Crippen LogP contribution >= 0.6 is 0 Å². The molecule has 0 aromatic heterocycles. The van der Waals surface area contributed by atoms with Crippen LogP contribution in [0.1, 0.15) is 24.1 Å². The molecular formula is C17H22N2O3S. The largest absolute Gasteiger partial charge is 0.392 e. The van der Waals surface area contributed by atoms with Crippen molar-refractivity contribution in [3.05, 3.63) is 65.7 Å². The van der Waals surface area contributed by atoms with Crippen LogP contribution in [0.4, 0.5) is 0 Å². The van der Waals surface area contributed by atoms with Crippen molar-refractivity contribution in [2.24, 2.45) is 0 Å². The van der Waals surface area contributed by atoms with Crippen molar-refractivity contribution < 1.29 is 13.5 Å². The van der Waals surface area contributed by atoms with Crippen molar-refractivity contribution in [1.82, 2.24) is 10.0 Å². The lowest BCUT2D eigenvalue weighted by atomic mass is 10.1. The van der Waals surface area contributed by atoms with Crippen molar-refractivity contribution in [2.75, 3.05) is 13.1 Å². The summed E-state index contributed by atoms with van der Waals surface area (Å²) in [6.45, 7) is 2.83. The molecule has 0 saturated heterocycles. The van der Waals surface area contributed by atoms with Crippen molar-refractivity contribution in [1.29, 1.82) is 0 Å². The van der Waals surface area contributed by atoms with Crippen LogP contribution in [0.3, 0.4) is 0 Å². The SMILES string of the molecule is CC(NCCNS(=O)(=O)c1ccccc1)c1cccc(CO)c1. The summed E-state index contributed by atoms with van der Waals surface area (Å²) in [5, 5.41) is 12.4. The summed E-state index contributed by atoms with van der Waals surface area (Å²) >= 11 is 0. The maximum absolute atomic E-state index is 12.1. The molecule has 5 nitrogen and oxygen atoms in total. The Kier molecular flexibility index (Phi) is 6.29. The van der Waals surface area contributed by atoms with Gasteiger partial charge in [0.05, 0.1) is 11.5 Å². The van der Waals surface area contributed by atoms with Crippen LogP contribution in [-0.4, -0.2) is 26.6 Å². The molecule has 0 amide bonds. The molecular weight excluding hydrogens is 312 g/mol. The maximum Gasteiger partial charge on any atom is 0.240 e. The number of benzene rings is 2. The van der Waals surface area contributed by atoms with Crippen molar-refractivity contribution >= 4 is 10.0 Å². The summed E-state index contributed by atoms with van der Waals surface area (Å²) in [7, 11) is -3.46. The Bertz CT molecular complexity index is 718. The van der Waals surface area contributed by atoms with Crippen LogP contribution in [-0.2, 0) is 16.6 Å². The van der Waals surface area contributed by atoms with E-state index in [0.717, 1.165) is 11.1 Å². The molecule has 2 aromatic carbocycles. The molecule has 0 heterocycles.